The van der Waals surface area contributed by atoms with E-state index in [1.54, 1.807) is 18.1 Å². The summed E-state index contributed by atoms with van der Waals surface area (Å²) in [4.78, 5) is 26.0. The maximum Gasteiger partial charge on any atom is 0.433 e. The van der Waals surface area contributed by atoms with Gasteiger partial charge in [-0.05, 0) is 37.1 Å². The van der Waals surface area contributed by atoms with Crippen LogP contribution in [0.5, 0.6) is 5.75 Å². The molecular formula is C21H19F3N6O2. The fourth-order valence-corrected chi connectivity index (χ4v) is 4.24. The number of nitrogens with one attached hydrogen (secondary N) is 1. The summed E-state index contributed by atoms with van der Waals surface area (Å²) in [7, 11) is 1.56. The lowest BCUT2D eigenvalue weighted by Crippen LogP contribution is -2.39. The number of fused-ring (bicyclic) bond motifs is 2. The number of amides is 1. The highest BCUT2D eigenvalue weighted by Crippen LogP contribution is 2.34. The van der Waals surface area contributed by atoms with Crippen molar-refractivity contribution in [3.63, 3.8) is 0 Å². The average Bonchev–Trinajstić information content (AvgIpc) is 3.44. The summed E-state index contributed by atoms with van der Waals surface area (Å²) in [6.45, 7) is 0.779. The fourth-order valence-electron chi connectivity index (χ4n) is 4.24. The van der Waals surface area contributed by atoms with Gasteiger partial charge in [0.2, 0.25) is 0 Å². The van der Waals surface area contributed by atoms with E-state index < -0.39 is 11.9 Å². The standard InChI is InChI=1S/C21H19F3N6O2/c1-32-17-6-2-5-14-13(17)8-16(27-14)19(31)29-7-3-4-12(10-29)15-9-18(21(22,23)24)30-20(28-15)25-11-26-30/h2,5-6,8-9,11-12,27H,3-4,7,10H2,1H3. The molecule has 4 aromatic rings. The Labute approximate surface area is 180 Å². The van der Waals surface area contributed by atoms with Gasteiger partial charge in [0.1, 0.15) is 17.8 Å². The minimum absolute atomic E-state index is 0.110. The van der Waals surface area contributed by atoms with Crippen LogP contribution in [-0.4, -0.2) is 55.6 Å². The van der Waals surface area contributed by atoms with Crippen molar-refractivity contribution >= 4 is 22.6 Å². The molecule has 1 N–H and O–H groups in total. The summed E-state index contributed by atoms with van der Waals surface area (Å²) in [6, 6.07) is 8.24. The number of halogens is 3. The first-order valence-electron chi connectivity index (χ1n) is 10.1. The van der Waals surface area contributed by atoms with Gasteiger partial charge < -0.3 is 14.6 Å². The van der Waals surface area contributed by atoms with Crippen molar-refractivity contribution in [2.24, 2.45) is 0 Å². The van der Waals surface area contributed by atoms with E-state index in [2.05, 4.69) is 20.1 Å². The lowest BCUT2D eigenvalue weighted by Gasteiger charge is -2.32. The third-order valence-electron chi connectivity index (χ3n) is 5.76. The topological polar surface area (TPSA) is 88.4 Å². The molecule has 1 amide bonds. The highest BCUT2D eigenvalue weighted by Gasteiger charge is 2.37. The molecule has 0 bridgehead atoms. The van der Waals surface area contributed by atoms with Gasteiger partial charge in [0.25, 0.3) is 11.7 Å². The number of H-pyrrole nitrogens is 1. The number of methoxy groups -OCH3 is 1. The van der Waals surface area contributed by atoms with Crippen LogP contribution in [0.1, 0.15) is 40.6 Å². The largest absolute Gasteiger partial charge is 0.496 e. The fraction of sp³-hybridized carbons (Fsp3) is 0.333. The molecule has 32 heavy (non-hydrogen) atoms. The van der Waals surface area contributed by atoms with Gasteiger partial charge in [0.05, 0.1) is 12.8 Å². The summed E-state index contributed by atoms with van der Waals surface area (Å²) in [6.07, 6.45) is -2.28. The Morgan fingerprint density at radius 3 is 2.91 bits per heavy atom. The molecule has 0 saturated carbocycles. The number of aromatic amines is 1. The lowest BCUT2D eigenvalue weighted by molar-refractivity contribution is -0.142. The minimum atomic E-state index is -4.60. The Morgan fingerprint density at radius 2 is 2.12 bits per heavy atom. The predicted molar refractivity (Wildman–Crippen MR) is 109 cm³/mol. The van der Waals surface area contributed by atoms with Crippen LogP contribution in [0.2, 0.25) is 0 Å². The molecule has 5 rings (SSSR count). The minimum Gasteiger partial charge on any atom is -0.496 e. The number of hydrogen-bond donors (Lipinski definition) is 1. The van der Waals surface area contributed by atoms with E-state index in [0.29, 0.717) is 35.3 Å². The third kappa shape index (κ3) is 3.43. The first-order chi connectivity index (χ1) is 15.3. The van der Waals surface area contributed by atoms with Crippen molar-refractivity contribution in [3.8, 4) is 5.75 Å². The molecule has 0 spiro atoms. The Morgan fingerprint density at radius 1 is 1.28 bits per heavy atom. The van der Waals surface area contributed by atoms with Crippen LogP contribution in [0.15, 0.2) is 36.7 Å². The molecule has 1 saturated heterocycles. The number of benzene rings is 1. The quantitative estimate of drug-likeness (QED) is 0.521. The molecule has 0 radical (unpaired) electrons. The number of aromatic nitrogens is 5. The summed E-state index contributed by atoms with van der Waals surface area (Å²) < 4.78 is 46.6. The smallest absolute Gasteiger partial charge is 0.433 e. The third-order valence-corrected chi connectivity index (χ3v) is 5.76. The summed E-state index contributed by atoms with van der Waals surface area (Å²) in [5, 5.41) is 4.43. The molecule has 1 fully saturated rings. The van der Waals surface area contributed by atoms with Gasteiger partial charge >= 0.3 is 6.18 Å². The van der Waals surface area contributed by atoms with E-state index in [4.69, 9.17) is 4.74 Å². The van der Waals surface area contributed by atoms with Crippen LogP contribution in [0.4, 0.5) is 13.2 Å². The molecule has 8 nitrogen and oxygen atoms in total. The van der Waals surface area contributed by atoms with Gasteiger partial charge in [0, 0.05) is 29.9 Å². The van der Waals surface area contributed by atoms with Gasteiger partial charge in [0.15, 0.2) is 5.69 Å². The molecule has 3 aromatic heterocycles. The van der Waals surface area contributed by atoms with Crippen LogP contribution in [-0.2, 0) is 6.18 Å². The van der Waals surface area contributed by atoms with E-state index in [-0.39, 0.29) is 29.8 Å². The molecule has 1 unspecified atom stereocenters. The number of ether oxygens (including phenoxy) is 1. The molecule has 1 atom stereocenters. The Bertz CT molecular complexity index is 1310. The zero-order chi connectivity index (χ0) is 22.5. The zero-order valence-corrected chi connectivity index (χ0v) is 17.1. The second kappa shape index (κ2) is 7.50. The van der Waals surface area contributed by atoms with Crippen LogP contribution in [0.25, 0.3) is 16.7 Å². The van der Waals surface area contributed by atoms with Crippen LogP contribution >= 0.6 is 0 Å². The van der Waals surface area contributed by atoms with Crippen molar-refractivity contribution in [2.45, 2.75) is 24.9 Å². The maximum absolute atomic E-state index is 13.5. The van der Waals surface area contributed by atoms with E-state index in [0.717, 1.165) is 23.3 Å². The molecule has 1 aliphatic rings. The number of nitrogens with zero attached hydrogens (tertiary/aromatic N) is 5. The second-order valence-corrected chi connectivity index (χ2v) is 7.73. The molecule has 1 aliphatic heterocycles. The lowest BCUT2D eigenvalue weighted by atomic mass is 9.94. The number of piperidine rings is 1. The van der Waals surface area contributed by atoms with Crippen molar-refractivity contribution in [2.75, 3.05) is 20.2 Å². The number of likely N-dealkylation sites (tertiary alicyclic amines) is 1. The Kier molecular flexibility index (Phi) is 4.75. The first-order valence-corrected chi connectivity index (χ1v) is 10.1. The van der Waals surface area contributed by atoms with Crippen molar-refractivity contribution in [3.05, 3.63) is 53.7 Å². The van der Waals surface area contributed by atoms with Crippen molar-refractivity contribution < 1.29 is 22.7 Å². The van der Waals surface area contributed by atoms with Crippen LogP contribution in [0.3, 0.4) is 0 Å². The molecule has 0 aliphatic carbocycles. The van der Waals surface area contributed by atoms with E-state index in [9.17, 15) is 18.0 Å². The Balaban J connectivity index is 1.44. The van der Waals surface area contributed by atoms with Gasteiger partial charge in [-0.2, -0.15) is 27.8 Å². The Hall–Kier alpha value is -3.63. The normalized spacial score (nSPS) is 17.2. The van der Waals surface area contributed by atoms with E-state index >= 15 is 0 Å². The first kappa shape index (κ1) is 20.3. The molecule has 11 heteroatoms. The predicted octanol–water partition coefficient (Wildman–Crippen LogP) is 3.65. The maximum atomic E-state index is 13.5. The van der Waals surface area contributed by atoms with Crippen molar-refractivity contribution in [1.82, 2.24) is 29.5 Å². The number of rotatable bonds is 3. The summed E-state index contributed by atoms with van der Waals surface area (Å²) in [5.41, 5.74) is 0.506. The van der Waals surface area contributed by atoms with Gasteiger partial charge in [-0.15, -0.1) is 0 Å². The number of alkyl halides is 3. The molecule has 4 heterocycles. The van der Waals surface area contributed by atoms with Crippen LogP contribution < -0.4 is 4.74 Å². The van der Waals surface area contributed by atoms with Gasteiger partial charge in [-0.25, -0.2) is 4.98 Å². The summed E-state index contributed by atoms with van der Waals surface area (Å²) in [5.74, 6) is -0.0113. The zero-order valence-electron chi connectivity index (χ0n) is 17.1. The summed E-state index contributed by atoms with van der Waals surface area (Å²) >= 11 is 0. The SMILES string of the molecule is COc1cccc2[nH]c(C(=O)N3CCCC(c4cc(C(F)(F)F)n5ncnc5n4)C3)cc12. The molecular weight excluding hydrogens is 425 g/mol. The van der Waals surface area contributed by atoms with E-state index in [1.165, 1.54) is 0 Å². The monoisotopic (exact) mass is 444 g/mol. The highest BCUT2D eigenvalue weighted by atomic mass is 19.4. The highest BCUT2D eigenvalue weighted by molar-refractivity contribution is 5.99. The van der Waals surface area contributed by atoms with Gasteiger partial charge in [-0.1, -0.05) is 6.07 Å². The number of carbonyl (C=O) groups excluding carboxylic acids is 1. The van der Waals surface area contributed by atoms with Crippen LogP contribution in [0, 0.1) is 0 Å². The average molecular weight is 444 g/mol. The van der Waals surface area contributed by atoms with E-state index in [1.807, 2.05) is 18.2 Å². The number of carbonyl (C=O) groups is 1. The number of hydrogen-bond acceptors (Lipinski definition) is 5. The van der Waals surface area contributed by atoms with Gasteiger partial charge in [-0.3, -0.25) is 4.79 Å². The molecule has 166 valence electrons. The van der Waals surface area contributed by atoms with Crippen molar-refractivity contribution in [1.29, 1.82) is 0 Å². The second-order valence-electron chi connectivity index (χ2n) is 7.73. The molecule has 1 aromatic carbocycles.